The SMILES string of the molecule is Cc1cc(C)c(C(=O)N2CCN(c3ccccc3)[C@@H](CO)C2)cc1CN1CCN(c2ccccc2C#N)CC1. The molecule has 2 aliphatic rings. The molecule has 0 aromatic heterocycles. The summed E-state index contributed by atoms with van der Waals surface area (Å²) >= 11 is 0. The van der Waals surface area contributed by atoms with E-state index in [-0.39, 0.29) is 18.6 Å². The topological polar surface area (TPSA) is 74.1 Å². The molecule has 1 N–H and O–H groups in total. The molecular weight excluding hydrogens is 486 g/mol. The standard InChI is InChI=1S/C32H37N5O2/c1-24-18-25(2)30(32(39)36-16-17-37(29(22-36)23-38)28-9-4-3-5-10-28)19-27(24)21-34-12-14-35(15-13-34)31-11-7-6-8-26(31)20-33/h3-11,18-19,29,38H,12-17,21-23H2,1-2H3/t29-/m1/s1. The molecule has 0 saturated carbocycles. The molecule has 0 bridgehead atoms. The molecule has 0 spiro atoms. The summed E-state index contributed by atoms with van der Waals surface area (Å²) in [6.07, 6.45) is 0. The normalized spacial score (nSPS) is 18.2. The summed E-state index contributed by atoms with van der Waals surface area (Å²) in [6.45, 7) is 10.3. The molecule has 7 heteroatoms. The Bertz CT molecular complexity index is 1340. The quantitative estimate of drug-likeness (QED) is 0.530. The van der Waals surface area contributed by atoms with Crippen molar-refractivity contribution in [3.63, 3.8) is 0 Å². The first-order chi connectivity index (χ1) is 19.0. The number of carbonyl (C=O) groups excluding carboxylic acids is 1. The van der Waals surface area contributed by atoms with Crippen LogP contribution in [-0.4, -0.2) is 79.3 Å². The van der Waals surface area contributed by atoms with Gasteiger partial charge in [0.25, 0.3) is 5.91 Å². The monoisotopic (exact) mass is 523 g/mol. The van der Waals surface area contributed by atoms with Crippen molar-refractivity contribution in [1.82, 2.24) is 9.80 Å². The minimum absolute atomic E-state index is 0.00161. The van der Waals surface area contributed by atoms with Gasteiger partial charge in [-0.2, -0.15) is 5.26 Å². The zero-order chi connectivity index (χ0) is 27.4. The second-order valence-electron chi connectivity index (χ2n) is 10.6. The van der Waals surface area contributed by atoms with Crippen molar-refractivity contribution >= 4 is 17.3 Å². The molecule has 0 radical (unpaired) electrons. The number of para-hydroxylation sites is 2. The molecule has 1 atom stereocenters. The number of amides is 1. The first-order valence-corrected chi connectivity index (χ1v) is 13.8. The van der Waals surface area contributed by atoms with Gasteiger partial charge in [-0.1, -0.05) is 36.4 Å². The molecule has 1 amide bonds. The zero-order valence-electron chi connectivity index (χ0n) is 22.9. The Labute approximate surface area is 231 Å². The first kappa shape index (κ1) is 26.7. The number of anilines is 2. The van der Waals surface area contributed by atoms with Crippen LogP contribution in [0.15, 0.2) is 66.7 Å². The first-order valence-electron chi connectivity index (χ1n) is 13.8. The molecule has 5 rings (SSSR count). The minimum atomic E-state index is -0.127. The molecule has 2 heterocycles. The molecule has 202 valence electrons. The molecule has 39 heavy (non-hydrogen) atoms. The van der Waals surface area contributed by atoms with E-state index >= 15 is 0 Å². The van der Waals surface area contributed by atoms with Crippen molar-refractivity contribution in [1.29, 1.82) is 5.26 Å². The number of benzene rings is 3. The van der Waals surface area contributed by atoms with Crippen LogP contribution >= 0.6 is 0 Å². The highest BCUT2D eigenvalue weighted by Gasteiger charge is 2.31. The van der Waals surface area contributed by atoms with Gasteiger partial charge in [0.1, 0.15) is 6.07 Å². The minimum Gasteiger partial charge on any atom is -0.394 e. The lowest BCUT2D eigenvalue weighted by atomic mass is 9.97. The smallest absolute Gasteiger partial charge is 0.254 e. The van der Waals surface area contributed by atoms with E-state index in [1.54, 1.807) is 0 Å². The highest BCUT2D eigenvalue weighted by Crippen LogP contribution is 2.25. The number of rotatable bonds is 6. The van der Waals surface area contributed by atoms with Crippen LogP contribution in [0.3, 0.4) is 0 Å². The Morgan fingerprint density at radius 1 is 0.923 bits per heavy atom. The molecule has 0 unspecified atom stereocenters. The number of aliphatic hydroxyl groups excluding tert-OH is 1. The predicted octanol–water partition coefficient (Wildman–Crippen LogP) is 3.82. The lowest BCUT2D eigenvalue weighted by molar-refractivity contribution is 0.0698. The zero-order valence-corrected chi connectivity index (χ0v) is 22.9. The van der Waals surface area contributed by atoms with E-state index in [4.69, 9.17) is 0 Å². The van der Waals surface area contributed by atoms with Gasteiger partial charge >= 0.3 is 0 Å². The Hall–Kier alpha value is -3.86. The number of nitrogens with zero attached hydrogens (tertiary/aromatic N) is 5. The molecule has 0 aliphatic carbocycles. The van der Waals surface area contributed by atoms with Gasteiger partial charge in [-0.3, -0.25) is 9.69 Å². The fraction of sp³-hybridized carbons (Fsp3) is 0.375. The molecule has 3 aromatic carbocycles. The van der Waals surface area contributed by atoms with Crippen molar-refractivity contribution in [2.24, 2.45) is 0 Å². The van der Waals surface area contributed by atoms with Crippen molar-refractivity contribution < 1.29 is 9.90 Å². The third kappa shape index (κ3) is 5.78. The Morgan fingerprint density at radius 2 is 1.64 bits per heavy atom. The van der Waals surface area contributed by atoms with Gasteiger partial charge < -0.3 is 19.8 Å². The number of carbonyl (C=O) groups is 1. The summed E-state index contributed by atoms with van der Waals surface area (Å²) in [4.78, 5) is 22.5. The summed E-state index contributed by atoms with van der Waals surface area (Å²) in [5, 5.41) is 19.6. The van der Waals surface area contributed by atoms with Crippen LogP contribution in [-0.2, 0) is 6.54 Å². The number of piperazine rings is 2. The molecule has 2 fully saturated rings. The van der Waals surface area contributed by atoms with Crippen molar-refractivity contribution in [3.05, 3.63) is 94.5 Å². The molecule has 7 nitrogen and oxygen atoms in total. The van der Waals surface area contributed by atoms with Gasteiger partial charge in [-0.15, -0.1) is 0 Å². The number of aliphatic hydroxyl groups is 1. The van der Waals surface area contributed by atoms with Gasteiger partial charge in [0.05, 0.1) is 23.9 Å². The highest BCUT2D eigenvalue weighted by atomic mass is 16.3. The summed E-state index contributed by atoms with van der Waals surface area (Å²) in [7, 11) is 0. The predicted molar refractivity (Wildman–Crippen MR) is 155 cm³/mol. The lowest BCUT2D eigenvalue weighted by Gasteiger charge is -2.42. The van der Waals surface area contributed by atoms with Gasteiger partial charge in [-0.25, -0.2) is 0 Å². The number of nitriles is 1. The number of aryl methyl sites for hydroxylation is 2. The van der Waals surface area contributed by atoms with E-state index in [1.165, 1.54) is 11.1 Å². The summed E-state index contributed by atoms with van der Waals surface area (Å²) in [5.74, 6) is 0.0397. The Balaban J connectivity index is 1.26. The van der Waals surface area contributed by atoms with Crippen LogP contribution in [0.25, 0.3) is 0 Å². The van der Waals surface area contributed by atoms with Crippen molar-refractivity contribution in [2.75, 3.05) is 62.2 Å². The third-order valence-corrected chi connectivity index (χ3v) is 8.11. The molecular formula is C32H37N5O2. The highest BCUT2D eigenvalue weighted by molar-refractivity contribution is 5.96. The molecule has 2 saturated heterocycles. The van der Waals surface area contributed by atoms with Crippen LogP contribution < -0.4 is 9.80 Å². The van der Waals surface area contributed by atoms with Gasteiger partial charge in [0.2, 0.25) is 0 Å². The van der Waals surface area contributed by atoms with Crippen LogP contribution in [0, 0.1) is 25.2 Å². The van der Waals surface area contributed by atoms with E-state index in [1.807, 2.05) is 54.3 Å². The fourth-order valence-corrected chi connectivity index (χ4v) is 5.86. The third-order valence-electron chi connectivity index (χ3n) is 8.11. The van der Waals surface area contributed by atoms with E-state index in [9.17, 15) is 15.2 Å². The van der Waals surface area contributed by atoms with Crippen LogP contribution in [0.5, 0.6) is 0 Å². The van der Waals surface area contributed by atoms with Gasteiger partial charge in [0, 0.05) is 63.6 Å². The Morgan fingerprint density at radius 3 is 2.36 bits per heavy atom. The summed E-state index contributed by atoms with van der Waals surface area (Å²) in [6, 6.07) is 24.3. The van der Waals surface area contributed by atoms with E-state index in [2.05, 4.69) is 52.0 Å². The number of hydrogen-bond donors (Lipinski definition) is 1. The van der Waals surface area contributed by atoms with Gasteiger partial charge in [-0.05, 0) is 60.9 Å². The maximum Gasteiger partial charge on any atom is 0.254 e. The van der Waals surface area contributed by atoms with E-state index < -0.39 is 0 Å². The van der Waals surface area contributed by atoms with Crippen LogP contribution in [0.4, 0.5) is 11.4 Å². The van der Waals surface area contributed by atoms with Crippen LogP contribution in [0.1, 0.15) is 32.6 Å². The van der Waals surface area contributed by atoms with Crippen molar-refractivity contribution in [3.8, 4) is 6.07 Å². The maximum absolute atomic E-state index is 13.7. The molecule has 2 aliphatic heterocycles. The summed E-state index contributed by atoms with van der Waals surface area (Å²) < 4.78 is 0. The Kier molecular flexibility index (Phi) is 8.16. The second-order valence-corrected chi connectivity index (χ2v) is 10.6. The van der Waals surface area contributed by atoms with Gasteiger partial charge in [0.15, 0.2) is 0 Å². The largest absolute Gasteiger partial charge is 0.394 e. The second kappa shape index (κ2) is 11.9. The fourth-order valence-electron chi connectivity index (χ4n) is 5.86. The molecule has 3 aromatic rings. The average Bonchev–Trinajstić information content (AvgIpc) is 2.98. The summed E-state index contributed by atoms with van der Waals surface area (Å²) in [5.41, 5.74) is 6.92. The van der Waals surface area contributed by atoms with Crippen molar-refractivity contribution in [2.45, 2.75) is 26.4 Å². The van der Waals surface area contributed by atoms with E-state index in [0.717, 1.165) is 60.8 Å². The van der Waals surface area contributed by atoms with E-state index in [0.29, 0.717) is 19.6 Å². The average molecular weight is 524 g/mol. The maximum atomic E-state index is 13.7. The number of hydrogen-bond acceptors (Lipinski definition) is 6. The van der Waals surface area contributed by atoms with Crippen LogP contribution in [0.2, 0.25) is 0 Å². The lowest BCUT2D eigenvalue weighted by Crippen LogP contribution is -2.56.